The fourth-order valence-electron chi connectivity index (χ4n) is 1.17. The first-order valence-electron chi connectivity index (χ1n) is 4.56. The molecule has 90 valence electrons. The minimum Gasteiger partial charge on any atom is -0.481 e. The molecule has 0 aliphatic carbocycles. The number of carbonyl (C=O) groups is 1. The molecule has 0 aromatic carbocycles. The molecule has 0 saturated carbocycles. The van der Waals surface area contributed by atoms with E-state index in [1.807, 2.05) is 0 Å². The third-order valence-corrected chi connectivity index (χ3v) is 2.14. The van der Waals surface area contributed by atoms with Gasteiger partial charge in [-0.2, -0.15) is 18.3 Å². The molecule has 0 fully saturated rings. The van der Waals surface area contributed by atoms with Crippen LogP contribution in [-0.4, -0.2) is 20.9 Å². The van der Waals surface area contributed by atoms with Gasteiger partial charge in [-0.15, -0.1) is 0 Å². The van der Waals surface area contributed by atoms with E-state index in [9.17, 15) is 18.0 Å². The molecule has 16 heavy (non-hydrogen) atoms. The molecule has 1 aromatic rings. The van der Waals surface area contributed by atoms with E-state index in [-0.39, 0.29) is 6.54 Å². The molecule has 1 heterocycles. The molecule has 0 radical (unpaired) electrons. The largest absolute Gasteiger partial charge is 0.481 e. The number of carboxylic acid groups (broad SMARTS) is 1. The van der Waals surface area contributed by atoms with Gasteiger partial charge in [-0.05, 0) is 13.0 Å². The molecule has 1 N–H and O–H groups in total. The molecule has 1 rings (SSSR count). The smallest absolute Gasteiger partial charge is 0.435 e. The zero-order valence-electron chi connectivity index (χ0n) is 8.75. The number of aryl methyl sites for hydroxylation is 1. The number of carboxylic acids is 1. The fourth-order valence-corrected chi connectivity index (χ4v) is 1.17. The van der Waals surface area contributed by atoms with E-state index in [0.29, 0.717) is 5.69 Å². The summed E-state index contributed by atoms with van der Waals surface area (Å²) in [6.45, 7) is 2.80. The molecule has 0 saturated heterocycles. The minimum absolute atomic E-state index is 0.0722. The SMILES string of the molecule is Cc1cc(C(F)(F)F)nn1C[C@H](C)C(=O)O. The van der Waals surface area contributed by atoms with Crippen LogP contribution in [0, 0.1) is 12.8 Å². The highest BCUT2D eigenvalue weighted by molar-refractivity contribution is 5.69. The van der Waals surface area contributed by atoms with Crippen LogP contribution >= 0.6 is 0 Å². The molecule has 0 spiro atoms. The van der Waals surface area contributed by atoms with E-state index in [4.69, 9.17) is 5.11 Å². The summed E-state index contributed by atoms with van der Waals surface area (Å²) in [5.41, 5.74) is -0.706. The molecule has 0 aliphatic rings. The Labute approximate surface area is 89.7 Å². The Morgan fingerprint density at radius 3 is 2.56 bits per heavy atom. The molecular formula is C9H11F3N2O2. The quantitative estimate of drug-likeness (QED) is 0.872. The molecule has 1 atom stereocenters. The van der Waals surface area contributed by atoms with Crippen molar-refractivity contribution in [2.45, 2.75) is 26.6 Å². The van der Waals surface area contributed by atoms with Crippen LogP contribution in [0.2, 0.25) is 0 Å². The van der Waals surface area contributed by atoms with Crippen molar-refractivity contribution < 1.29 is 23.1 Å². The molecule has 0 amide bonds. The third-order valence-electron chi connectivity index (χ3n) is 2.14. The molecule has 0 aliphatic heterocycles. The van der Waals surface area contributed by atoms with E-state index >= 15 is 0 Å². The number of nitrogens with zero attached hydrogens (tertiary/aromatic N) is 2. The summed E-state index contributed by atoms with van der Waals surface area (Å²) in [7, 11) is 0. The lowest BCUT2D eigenvalue weighted by Crippen LogP contribution is -2.19. The maximum Gasteiger partial charge on any atom is 0.435 e. The first kappa shape index (κ1) is 12.5. The lowest BCUT2D eigenvalue weighted by molar-refractivity contribution is -0.141. The van der Waals surface area contributed by atoms with Crippen molar-refractivity contribution in [3.63, 3.8) is 0 Å². The average Bonchev–Trinajstić information content (AvgIpc) is 2.47. The lowest BCUT2D eigenvalue weighted by atomic mass is 10.2. The summed E-state index contributed by atoms with van der Waals surface area (Å²) >= 11 is 0. The Balaban J connectivity index is 2.91. The first-order chi connectivity index (χ1) is 7.21. The maximum atomic E-state index is 12.3. The number of aromatic nitrogens is 2. The van der Waals surface area contributed by atoms with Crippen LogP contribution < -0.4 is 0 Å². The Bertz CT molecular complexity index is 398. The number of aliphatic carboxylic acids is 1. The van der Waals surface area contributed by atoms with Crippen LogP contribution in [0.5, 0.6) is 0 Å². The molecule has 0 unspecified atom stereocenters. The minimum atomic E-state index is -4.50. The molecule has 7 heteroatoms. The first-order valence-corrected chi connectivity index (χ1v) is 4.56. The molecule has 4 nitrogen and oxygen atoms in total. The summed E-state index contributed by atoms with van der Waals surface area (Å²) in [5, 5.41) is 12.0. The van der Waals surface area contributed by atoms with Gasteiger partial charge in [0.05, 0.1) is 12.5 Å². The highest BCUT2D eigenvalue weighted by Gasteiger charge is 2.34. The monoisotopic (exact) mass is 236 g/mol. The van der Waals surface area contributed by atoms with Crippen LogP contribution in [0.25, 0.3) is 0 Å². The summed E-state index contributed by atoms with van der Waals surface area (Å²) < 4.78 is 37.9. The van der Waals surface area contributed by atoms with Crippen LogP contribution in [0.1, 0.15) is 18.3 Å². The van der Waals surface area contributed by atoms with Gasteiger partial charge in [0.25, 0.3) is 0 Å². The van der Waals surface area contributed by atoms with Crippen molar-refractivity contribution >= 4 is 5.97 Å². The Morgan fingerprint density at radius 1 is 1.62 bits per heavy atom. The van der Waals surface area contributed by atoms with E-state index < -0.39 is 23.8 Å². The Hall–Kier alpha value is -1.53. The number of alkyl halides is 3. The summed E-state index contributed by atoms with van der Waals surface area (Å²) in [6.07, 6.45) is -4.50. The van der Waals surface area contributed by atoms with Gasteiger partial charge in [-0.25, -0.2) is 0 Å². The molecule has 1 aromatic heterocycles. The zero-order valence-corrected chi connectivity index (χ0v) is 8.75. The predicted octanol–water partition coefficient (Wildman–Crippen LogP) is 1.93. The van der Waals surface area contributed by atoms with Crippen molar-refractivity contribution in [1.82, 2.24) is 9.78 Å². The normalized spacial score (nSPS) is 13.8. The van der Waals surface area contributed by atoms with Gasteiger partial charge in [0.1, 0.15) is 0 Å². The van der Waals surface area contributed by atoms with Gasteiger partial charge in [-0.3, -0.25) is 9.48 Å². The van der Waals surface area contributed by atoms with Crippen molar-refractivity contribution in [1.29, 1.82) is 0 Å². The summed E-state index contributed by atoms with van der Waals surface area (Å²) in [5.74, 6) is -1.84. The van der Waals surface area contributed by atoms with Crippen LogP contribution in [-0.2, 0) is 17.5 Å². The van der Waals surface area contributed by atoms with Gasteiger partial charge in [0.2, 0.25) is 0 Å². The summed E-state index contributed by atoms with van der Waals surface area (Å²) in [4.78, 5) is 10.6. The maximum absolute atomic E-state index is 12.3. The van der Waals surface area contributed by atoms with Crippen molar-refractivity contribution in [2.75, 3.05) is 0 Å². The topological polar surface area (TPSA) is 55.1 Å². The number of hydrogen-bond donors (Lipinski definition) is 1. The lowest BCUT2D eigenvalue weighted by Gasteiger charge is -2.08. The van der Waals surface area contributed by atoms with Gasteiger partial charge in [0.15, 0.2) is 5.69 Å². The Morgan fingerprint density at radius 2 is 2.19 bits per heavy atom. The second kappa shape index (κ2) is 4.15. The standard InChI is InChI=1S/C9H11F3N2O2/c1-5(8(15)16)4-14-6(2)3-7(13-14)9(10,11)12/h3,5H,4H2,1-2H3,(H,15,16)/t5-/m0/s1. The highest BCUT2D eigenvalue weighted by Crippen LogP contribution is 2.28. The molecular weight excluding hydrogens is 225 g/mol. The van der Waals surface area contributed by atoms with Gasteiger partial charge in [-0.1, -0.05) is 6.92 Å². The van der Waals surface area contributed by atoms with Crippen LogP contribution in [0.15, 0.2) is 6.07 Å². The Kier molecular flexibility index (Phi) is 3.25. The van der Waals surface area contributed by atoms with Crippen molar-refractivity contribution in [3.8, 4) is 0 Å². The number of halogens is 3. The van der Waals surface area contributed by atoms with Gasteiger partial charge < -0.3 is 5.11 Å². The average molecular weight is 236 g/mol. The number of hydrogen-bond acceptors (Lipinski definition) is 2. The van der Waals surface area contributed by atoms with Crippen LogP contribution in [0.4, 0.5) is 13.2 Å². The predicted molar refractivity (Wildman–Crippen MR) is 48.8 cm³/mol. The van der Waals surface area contributed by atoms with E-state index in [2.05, 4.69) is 5.10 Å². The van der Waals surface area contributed by atoms with E-state index in [0.717, 1.165) is 10.7 Å². The van der Waals surface area contributed by atoms with Gasteiger partial charge >= 0.3 is 12.1 Å². The highest BCUT2D eigenvalue weighted by atomic mass is 19.4. The van der Waals surface area contributed by atoms with Crippen molar-refractivity contribution in [3.05, 3.63) is 17.5 Å². The van der Waals surface area contributed by atoms with Crippen LogP contribution in [0.3, 0.4) is 0 Å². The number of rotatable bonds is 3. The fraction of sp³-hybridized carbons (Fsp3) is 0.556. The van der Waals surface area contributed by atoms with Crippen molar-refractivity contribution in [2.24, 2.45) is 5.92 Å². The summed E-state index contributed by atoms with van der Waals surface area (Å²) in [6, 6.07) is 0.897. The van der Waals surface area contributed by atoms with Gasteiger partial charge in [0, 0.05) is 5.69 Å². The second-order valence-corrected chi connectivity index (χ2v) is 3.59. The van der Waals surface area contributed by atoms with E-state index in [1.165, 1.54) is 13.8 Å². The zero-order chi connectivity index (χ0) is 12.5. The molecule has 0 bridgehead atoms. The third kappa shape index (κ3) is 2.74. The second-order valence-electron chi connectivity index (χ2n) is 3.59. The van der Waals surface area contributed by atoms with E-state index in [1.54, 1.807) is 0 Å².